The molecule has 1 aliphatic carbocycles. The fourth-order valence-electron chi connectivity index (χ4n) is 4.47. The molecule has 0 saturated carbocycles. The molecule has 2 heterocycles. The number of hydrogen-bond acceptors (Lipinski definition) is 6. The molecule has 0 unspecified atom stereocenters. The molecule has 0 radical (unpaired) electrons. The minimum Gasteiger partial charge on any atom is -0.423 e. The minimum absolute atomic E-state index is 0.231. The highest BCUT2D eigenvalue weighted by atomic mass is 32.1. The summed E-state index contributed by atoms with van der Waals surface area (Å²) in [7, 11) is 0. The predicted octanol–water partition coefficient (Wildman–Crippen LogP) is 4.88. The van der Waals surface area contributed by atoms with Crippen LogP contribution in [0.15, 0.2) is 18.2 Å². The van der Waals surface area contributed by atoms with Crippen molar-refractivity contribution in [2.24, 2.45) is 0 Å². The third-order valence-electron chi connectivity index (χ3n) is 5.94. The van der Waals surface area contributed by atoms with Crippen LogP contribution in [-0.2, 0) is 29.0 Å². The van der Waals surface area contributed by atoms with E-state index in [4.69, 9.17) is 9.47 Å². The van der Waals surface area contributed by atoms with Crippen molar-refractivity contribution in [2.45, 2.75) is 77.8 Å². The van der Waals surface area contributed by atoms with Crippen LogP contribution in [0.2, 0.25) is 0 Å². The fraction of sp³-hybridized carbons (Fsp3) is 0.500. The van der Waals surface area contributed by atoms with E-state index in [9.17, 15) is 9.59 Å². The molecular weight excluding hydrogens is 398 g/mol. The topological polar surface area (TPSA) is 64.6 Å². The first-order valence-corrected chi connectivity index (χ1v) is 11.8. The maximum Gasteiger partial charge on any atom is 0.311 e. The summed E-state index contributed by atoms with van der Waals surface area (Å²) in [6.07, 6.45) is 4.72. The maximum atomic E-state index is 12.0. The second-order valence-electron chi connectivity index (χ2n) is 8.00. The summed E-state index contributed by atoms with van der Waals surface area (Å²) in [6, 6.07) is 6.59. The molecule has 0 fully saturated rings. The third-order valence-corrected chi connectivity index (χ3v) is 7.15. The molecule has 1 N–H and O–H groups in total. The van der Waals surface area contributed by atoms with Gasteiger partial charge in [-0.3, -0.25) is 9.59 Å². The first kappa shape index (κ1) is 21.1. The molecule has 2 atom stereocenters. The SMILES string of the molecule is CCCc1cc2c(s1)CN[C@@H]1CCc3cc(OC(=O)CC)c(OC(=O)CC)cc3[C@@H]21. The van der Waals surface area contributed by atoms with Gasteiger partial charge in [0, 0.05) is 41.1 Å². The monoisotopic (exact) mass is 427 g/mol. The second kappa shape index (κ2) is 8.90. The Morgan fingerprint density at radius 1 is 1.03 bits per heavy atom. The van der Waals surface area contributed by atoms with Gasteiger partial charge < -0.3 is 14.8 Å². The van der Waals surface area contributed by atoms with E-state index in [1.807, 2.05) is 23.5 Å². The molecule has 2 aromatic rings. The standard InChI is InChI=1S/C24H29NO4S/c1-4-7-15-11-17-21(30-15)13-25-18-9-8-14-10-19(28-22(26)5-2)20(29-23(27)6-3)12-16(14)24(17)18/h10-12,18,24-25H,4-9,13H2,1-3H3/t18-,24+/m1/s1. The minimum atomic E-state index is -0.334. The molecule has 160 valence electrons. The van der Waals surface area contributed by atoms with E-state index in [0.717, 1.165) is 32.2 Å². The lowest BCUT2D eigenvalue weighted by atomic mass is 9.74. The first-order chi connectivity index (χ1) is 14.5. The van der Waals surface area contributed by atoms with Gasteiger partial charge in [0.05, 0.1) is 0 Å². The van der Waals surface area contributed by atoms with E-state index in [1.165, 1.54) is 26.4 Å². The van der Waals surface area contributed by atoms with Crippen LogP contribution in [0.25, 0.3) is 0 Å². The number of fused-ring (bicyclic) bond motifs is 5. The predicted molar refractivity (Wildman–Crippen MR) is 117 cm³/mol. The highest BCUT2D eigenvalue weighted by Crippen LogP contribution is 2.46. The number of ether oxygens (including phenoxy) is 2. The number of aryl methyl sites for hydroxylation is 2. The Bertz CT molecular complexity index is 964. The van der Waals surface area contributed by atoms with Crippen molar-refractivity contribution in [3.63, 3.8) is 0 Å². The second-order valence-corrected chi connectivity index (χ2v) is 9.22. The molecule has 1 aromatic carbocycles. The Balaban J connectivity index is 1.78. The summed E-state index contributed by atoms with van der Waals surface area (Å²) >= 11 is 1.91. The summed E-state index contributed by atoms with van der Waals surface area (Å²) in [4.78, 5) is 26.8. The highest BCUT2D eigenvalue weighted by molar-refractivity contribution is 7.12. The van der Waals surface area contributed by atoms with E-state index in [0.29, 0.717) is 17.5 Å². The van der Waals surface area contributed by atoms with Crippen LogP contribution in [-0.4, -0.2) is 18.0 Å². The van der Waals surface area contributed by atoms with Gasteiger partial charge in [0.2, 0.25) is 0 Å². The number of thiophene rings is 1. The summed E-state index contributed by atoms with van der Waals surface area (Å²) in [5.74, 6) is 0.260. The Morgan fingerprint density at radius 2 is 1.73 bits per heavy atom. The number of rotatable bonds is 6. The van der Waals surface area contributed by atoms with Gasteiger partial charge in [-0.15, -0.1) is 11.3 Å². The molecule has 1 aromatic heterocycles. The Hall–Kier alpha value is -2.18. The Kier molecular flexibility index (Phi) is 6.25. The average Bonchev–Trinajstić information content (AvgIpc) is 3.16. The third kappa shape index (κ3) is 4.03. The van der Waals surface area contributed by atoms with Crippen LogP contribution < -0.4 is 14.8 Å². The van der Waals surface area contributed by atoms with E-state index in [-0.39, 0.29) is 30.7 Å². The van der Waals surface area contributed by atoms with Gasteiger partial charge in [0.25, 0.3) is 0 Å². The largest absolute Gasteiger partial charge is 0.423 e. The Morgan fingerprint density at radius 3 is 2.40 bits per heavy atom. The van der Waals surface area contributed by atoms with Gasteiger partial charge in [-0.05, 0) is 54.2 Å². The quantitative estimate of drug-likeness (QED) is 0.526. The number of benzene rings is 1. The highest BCUT2D eigenvalue weighted by Gasteiger charge is 2.37. The molecule has 0 bridgehead atoms. The van der Waals surface area contributed by atoms with E-state index in [1.54, 1.807) is 13.8 Å². The van der Waals surface area contributed by atoms with E-state index in [2.05, 4.69) is 18.3 Å². The lowest BCUT2D eigenvalue weighted by Gasteiger charge is -2.38. The van der Waals surface area contributed by atoms with Crippen molar-refractivity contribution < 1.29 is 19.1 Å². The van der Waals surface area contributed by atoms with Crippen molar-refractivity contribution in [1.82, 2.24) is 5.32 Å². The first-order valence-electron chi connectivity index (χ1n) is 11.0. The van der Waals surface area contributed by atoms with E-state index >= 15 is 0 Å². The van der Waals surface area contributed by atoms with Gasteiger partial charge in [-0.2, -0.15) is 0 Å². The van der Waals surface area contributed by atoms with Gasteiger partial charge in [-0.1, -0.05) is 27.2 Å². The molecular formula is C24H29NO4S. The number of carbonyl (C=O) groups is 2. The normalized spacial score (nSPS) is 19.4. The zero-order valence-corrected chi connectivity index (χ0v) is 18.7. The zero-order chi connectivity index (χ0) is 21.3. The Labute approximate surface area is 181 Å². The molecule has 30 heavy (non-hydrogen) atoms. The van der Waals surface area contributed by atoms with Crippen LogP contribution in [0.3, 0.4) is 0 Å². The summed E-state index contributed by atoms with van der Waals surface area (Å²) in [5.41, 5.74) is 3.75. The fourth-order valence-corrected chi connectivity index (χ4v) is 5.73. The molecule has 4 rings (SSSR count). The maximum absolute atomic E-state index is 12.0. The summed E-state index contributed by atoms with van der Waals surface area (Å²) < 4.78 is 11.1. The lowest BCUT2D eigenvalue weighted by molar-refractivity contribution is -0.136. The van der Waals surface area contributed by atoms with Gasteiger partial charge in [0.1, 0.15) is 0 Å². The van der Waals surface area contributed by atoms with Crippen molar-refractivity contribution in [1.29, 1.82) is 0 Å². The average molecular weight is 428 g/mol. The van der Waals surface area contributed by atoms with Crippen molar-refractivity contribution in [2.75, 3.05) is 0 Å². The molecule has 2 aliphatic rings. The lowest BCUT2D eigenvalue weighted by Crippen LogP contribution is -2.42. The molecule has 6 heteroatoms. The summed E-state index contributed by atoms with van der Waals surface area (Å²) in [6.45, 7) is 6.64. The van der Waals surface area contributed by atoms with Crippen molar-refractivity contribution >= 4 is 23.3 Å². The van der Waals surface area contributed by atoms with Gasteiger partial charge >= 0.3 is 11.9 Å². The van der Waals surface area contributed by atoms with Crippen LogP contribution in [0.4, 0.5) is 0 Å². The number of nitrogens with one attached hydrogen (secondary N) is 1. The summed E-state index contributed by atoms with van der Waals surface area (Å²) in [5, 5.41) is 3.72. The van der Waals surface area contributed by atoms with Crippen LogP contribution in [0.1, 0.15) is 78.8 Å². The molecule has 0 spiro atoms. The molecule has 5 nitrogen and oxygen atoms in total. The molecule has 0 amide bonds. The van der Waals surface area contributed by atoms with Crippen molar-refractivity contribution in [3.8, 4) is 11.5 Å². The zero-order valence-electron chi connectivity index (χ0n) is 17.9. The smallest absolute Gasteiger partial charge is 0.311 e. The number of carbonyl (C=O) groups excluding carboxylic acids is 2. The van der Waals surface area contributed by atoms with Gasteiger partial charge in [-0.25, -0.2) is 0 Å². The number of hydrogen-bond donors (Lipinski definition) is 1. The van der Waals surface area contributed by atoms with Crippen LogP contribution >= 0.6 is 11.3 Å². The van der Waals surface area contributed by atoms with E-state index < -0.39 is 0 Å². The van der Waals surface area contributed by atoms with Gasteiger partial charge in [0.15, 0.2) is 11.5 Å². The molecule has 0 saturated heterocycles. The molecule has 1 aliphatic heterocycles. The van der Waals surface area contributed by atoms with Crippen LogP contribution in [0.5, 0.6) is 11.5 Å². The van der Waals surface area contributed by atoms with Crippen molar-refractivity contribution in [3.05, 3.63) is 44.6 Å². The van der Waals surface area contributed by atoms with Crippen LogP contribution in [0, 0.1) is 0 Å². The number of esters is 2.